The summed E-state index contributed by atoms with van der Waals surface area (Å²) in [6.07, 6.45) is 6.75. The number of hydrogen-bond acceptors (Lipinski definition) is 2. The van der Waals surface area contributed by atoms with Gasteiger partial charge in [0, 0.05) is 12.6 Å². The monoisotopic (exact) mass is 172 g/mol. The quantitative estimate of drug-likeness (QED) is 0.549. The topological polar surface area (TPSA) is 38.0 Å². The van der Waals surface area contributed by atoms with Crippen LogP contribution in [0.25, 0.3) is 0 Å². The van der Waals surface area contributed by atoms with Gasteiger partial charge in [0.15, 0.2) is 0 Å². The molecule has 0 spiro atoms. The molecule has 0 aliphatic carbocycles. The average molecular weight is 172 g/mol. The van der Waals surface area contributed by atoms with Crippen molar-refractivity contribution < 1.29 is 0 Å². The van der Waals surface area contributed by atoms with E-state index in [9.17, 15) is 0 Å². The van der Waals surface area contributed by atoms with Gasteiger partial charge in [0.25, 0.3) is 0 Å². The van der Waals surface area contributed by atoms with Crippen molar-refractivity contribution in [3.05, 3.63) is 0 Å². The Labute approximate surface area is 76.9 Å². The molecule has 1 atom stereocenters. The average Bonchev–Trinajstić information content (AvgIpc) is 2.02. The zero-order valence-electron chi connectivity index (χ0n) is 8.60. The van der Waals surface area contributed by atoms with Gasteiger partial charge in [-0.3, -0.25) is 0 Å². The zero-order chi connectivity index (χ0) is 9.23. The van der Waals surface area contributed by atoms with E-state index in [1.807, 2.05) is 6.92 Å². The standard InChI is InChI=1S/C10H24N2/c1-3-4-5-6-7-8-12-9-10(2)11/h10,12H,3-9,11H2,1-2H3. The van der Waals surface area contributed by atoms with Gasteiger partial charge >= 0.3 is 0 Å². The molecular weight excluding hydrogens is 148 g/mol. The molecule has 2 heteroatoms. The van der Waals surface area contributed by atoms with Gasteiger partial charge in [-0.1, -0.05) is 32.6 Å². The van der Waals surface area contributed by atoms with Gasteiger partial charge in [0.05, 0.1) is 0 Å². The van der Waals surface area contributed by atoms with E-state index in [1.165, 1.54) is 32.1 Å². The Balaban J connectivity index is 2.82. The fraction of sp³-hybridized carbons (Fsp3) is 1.00. The molecule has 0 aliphatic heterocycles. The lowest BCUT2D eigenvalue weighted by molar-refractivity contribution is 0.558. The van der Waals surface area contributed by atoms with Crippen LogP contribution in [0, 0.1) is 0 Å². The largest absolute Gasteiger partial charge is 0.327 e. The Morgan fingerprint density at radius 3 is 2.42 bits per heavy atom. The second-order valence-electron chi connectivity index (χ2n) is 3.60. The van der Waals surface area contributed by atoms with Crippen LogP contribution in [0.2, 0.25) is 0 Å². The van der Waals surface area contributed by atoms with E-state index < -0.39 is 0 Å². The molecule has 0 fully saturated rings. The van der Waals surface area contributed by atoms with Crippen molar-refractivity contribution in [3.8, 4) is 0 Å². The molecule has 0 aromatic rings. The van der Waals surface area contributed by atoms with Gasteiger partial charge in [-0.2, -0.15) is 0 Å². The highest BCUT2D eigenvalue weighted by atomic mass is 14.9. The van der Waals surface area contributed by atoms with Crippen molar-refractivity contribution in [2.24, 2.45) is 5.73 Å². The minimum Gasteiger partial charge on any atom is -0.327 e. The summed E-state index contributed by atoms with van der Waals surface area (Å²) >= 11 is 0. The molecule has 1 unspecified atom stereocenters. The number of nitrogens with one attached hydrogen (secondary N) is 1. The van der Waals surface area contributed by atoms with Crippen LogP contribution < -0.4 is 11.1 Å². The van der Waals surface area contributed by atoms with E-state index in [4.69, 9.17) is 5.73 Å². The summed E-state index contributed by atoms with van der Waals surface area (Å²) in [6.45, 7) is 6.36. The van der Waals surface area contributed by atoms with Crippen LogP contribution in [0.4, 0.5) is 0 Å². The van der Waals surface area contributed by atoms with Crippen LogP contribution >= 0.6 is 0 Å². The number of rotatable bonds is 8. The molecule has 0 radical (unpaired) electrons. The van der Waals surface area contributed by atoms with Crippen molar-refractivity contribution in [3.63, 3.8) is 0 Å². The van der Waals surface area contributed by atoms with Crippen LogP contribution in [0.3, 0.4) is 0 Å². The predicted octanol–water partition coefficient (Wildman–Crippen LogP) is 1.89. The molecular formula is C10H24N2. The van der Waals surface area contributed by atoms with Crippen LogP contribution in [-0.4, -0.2) is 19.1 Å². The van der Waals surface area contributed by atoms with Gasteiger partial charge in [-0.25, -0.2) is 0 Å². The van der Waals surface area contributed by atoms with Crippen LogP contribution in [-0.2, 0) is 0 Å². The molecule has 0 rings (SSSR count). The van der Waals surface area contributed by atoms with Crippen LogP contribution in [0.5, 0.6) is 0 Å². The second-order valence-corrected chi connectivity index (χ2v) is 3.60. The van der Waals surface area contributed by atoms with E-state index in [0.29, 0.717) is 6.04 Å². The minimum atomic E-state index is 0.292. The summed E-state index contributed by atoms with van der Waals surface area (Å²) in [7, 11) is 0. The first-order valence-corrected chi connectivity index (χ1v) is 5.23. The lowest BCUT2D eigenvalue weighted by atomic mass is 10.1. The smallest absolute Gasteiger partial charge is 0.0136 e. The fourth-order valence-electron chi connectivity index (χ4n) is 1.18. The van der Waals surface area contributed by atoms with Gasteiger partial charge in [-0.05, 0) is 19.9 Å². The maximum Gasteiger partial charge on any atom is 0.0136 e. The second kappa shape index (κ2) is 9.01. The van der Waals surface area contributed by atoms with E-state index in [0.717, 1.165) is 13.1 Å². The van der Waals surface area contributed by atoms with Gasteiger partial charge in [0.1, 0.15) is 0 Å². The molecule has 2 nitrogen and oxygen atoms in total. The summed E-state index contributed by atoms with van der Waals surface area (Å²) in [5.74, 6) is 0. The Hall–Kier alpha value is -0.0800. The molecule has 12 heavy (non-hydrogen) atoms. The third kappa shape index (κ3) is 9.92. The Morgan fingerprint density at radius 2 is 1.83 bits per heavy atom. The van der Waals surface area contributed by atoms with Gasteiger partial charge < -0.3 is 11.1 Å². The SMILES string of the molecule is CCCCCCCNCC(C)N. The molecule has 74 valence electrons. The molecule has 0 heterocycles. The third-order valence-corrected chi connectivity index (χ3v) is 1.92. The lowest BCUT2D eigenvalue weighted by Crippen LogP contribution is -2.31. The molecule has 0 aromatic heterocycles. The van der Waals surface area contributed by atoms with Crippen LogP contribution in [0.15, 0.2) is 0 Å². The van der Waals surface area contributed by atoms with E-state index in [1.54, 1.807) is 0 Å². The predicted molar refractivity (Wildman–Crippen MR) is 55.3 cm³/mol. The summed E-state index contributed by atoms with van der Waals surface area (Å²) in [5, 5.41) is 3.34. The van der Waals surface area contributed by atoms with E-state index in [2.05, 4.69) is 12.2 Å². The van der Waals surface area contributed by atoms with E-state index >= 15 is 0 Å². The highest BCUT2D eigenvalue weighted by Crippen LogP contribution is 2.00. The van der Waals surface area contributed by atoms with Gasteiger partial charge in [0.2, 0.25) is 0 Å². The summed E-state index contributed by atoms with van der Waals surface area (Å²) in [6, 6.07) is 0.292. The number of unbranched alkanes of at least 4 members (excludes halogenated alkanes) is 4. The summed E-state index contributed by atoms with van der Waals surface area (Å²) in [4.78, 5) is 0. The van der Waals surface area contributed by atoms with E-state index in [-0.39, 0.29) is 0 Å². The van der Waals surface area contributed by atoms with Crippen LogP contribution in [0.1, 0.15) is 46.0 Å². The molecule has 0 saturated heterocycles. The summed E-state index contributed by atoms with van der Waals surface area (Å²) in [5.41, 5.74) is 5.59. The Bertz CT molecular complexity index is 81.9. The third-order valence-electron chi connectivity index (χ3n) is 1.92. The first kappa shape index (κ1) is 11.9. The first-order valence-electron chi connectivity index (χ1n) is 5.23. The molecule has 0 bridgehead atoms. The Kier molecular flexibility index (Phi) is 8.95. The van der Waals surface area contributed by atoms with Crippen molar-refractivity contribution >= 4 is 0 Å². The number of hydrogen-bond donors (Lipinski definition) is 2. The Morgan fingerprint density at radius 1 is 1.17 bits per heavy atom. The van der Waals surface area contributed by atoms with Crippen molar-refractivity contribution in [2.75, 3.05) is 13.1 Å². The van der Waals surface area contributed by atoms with Gasteiger partial charge in [-0.15, -0.1) is 0 Å². The first-order chi connectivity index (χ1) is 5.77. The minimum absolute atomic E-state index is 0.292. The molecule has 0 amide bonds. The zero-order valence-corrected chi connectivity index (χ0v) is 8.60. The fourth-order valence-corrected chi connectivity index (χ4v) is 1.18. The van der Waals surface area contributed by atoms with Crippen molar-refractivity contribution in [2.45, 2.75) is 52.0 Å². The molecule has 3 N–H and O–H groups in total. The summed E-state index contributed by atoms with van der Waals surface area (Å²) < 4.78 is 0. The van der Waals surface area contributed by atoms with Crippen molar-refractivity contribution in [1.82, 2.24) is 5.32 Å². The molecule has 0 aromatic carbocycles. The molecule has 0 saturated carbocycles. The highest BCUT2D eigenvalue weighted by molar-refractivity contribution is 4.57. The van der Waals surface area contributed by atoms with Crippen molar-refractivity contribution in [1.29, 1.82) is 0 Å². The maximum absolute atomic E-state index is 5.59. The number of nitrogens with two attached hydrogens (primary N) is 1. The highest BCUT2D eigenvalue weighted by Gasteiger charge is 1.92. The molecule has 0 aliphatic rings. The lowest BCUT2D eigenvalue weighted by Gasteiger charge is -2.06. The maximum atomic E-state index is 5.59. The normalized spacial score (nSPS) is 13.2.